The van der Waals surface area contributed by atoms with Gasteiger partial charge >= 0.3 is 0 Å². The van der Waals surface area contributed by atoms with Crippen molar-refractivity contribution in [2.75, 3.05) is 33.4 Å². The summed E-state index contributed by atoms with van der Waals surface area (Å²) in [6.07, 6.45) is 1.65. The van der Waals surface area contributed by atoms with E-state index >= 15 is 0 Å². The van der Waals surface area contributed by atoms with Gasteiger partial charge in [0, 0.05) is 19.2 Å². The van der Waals surface area contributed by atoms with Gasteiger partial charge in [0.05, 0.1) is 26.0 Å². The molecular weight excluding hydrogens is 388 g/mol. The van der Waals surface area contributed by atoms with E-state index in [1.54, 1.807) is 13.4 Å². The Balaban J connectivity index is 1.65. The molecular formula is C21H22N4O3S. The van der Waals surface area contributed by atoms with Crippen LogP contribution >= 0.6 is 11.8 Å². The summed E-state index contributed by atoms with van der Waals surface area (Å²) < 4.78 is 12.6. The highest BCUT2D eigenvalue weighted by atomic mass is 32.2. The molecule has 0 spiro atoms. The van der Waals surface area contributed by atoms with Crippen molar-refractivity contribution in [2.45, 2.75) is 10.4 Å². The number of thioether (sulfide) groups is 1. The lowest BCUT2D eigenvalue weighted by Gasteiger charge is -2.30. The van der Waals surface area contributed by atoms with E-state index in [-0.39, 0.29) is 5.91 Å². The minimum absolute atomic E-state index is 0.0599. The van der Waals surface area contributed by atoms with Crippen LogP contribution in [0.5, 0.6) is 5.75 Å². The number of hydrogen-bond acceptors (Lipinski definition) is 6. The van der Waals surface area contributed by atoms with Crippen LogP contribution in [0.25, 0.3) is 5.69 Å². The summed E-state index contributed by atoms with van der Waals surface area (Å²) in [5.74, 6) is 0.806. The van der Waals surface area contributed by atoms with Crippen LogP contribution in [-0.4, -0.2) is 59.0 Å². The number of benzene rings is 2. The molecule has 8 heteroatoms. The fourth-order valence-electron chi connectivity index (χ4n) is 3.19. The van der Waals surface area contributed by atoms with Crippen molar-refractivity contribution in [1.29, 1.82) is 0 Å². The van der Waals surface area contributed by atoms with Crippen molar-refractivity contribution in [3.05, 3.63) is 66.5 Å². The molecule has 29 heavy (non-hydrogen) atoms. The molecule has 1 saturated heterocycles. The summed E-state index contributed by atoms with van der Waals surface area (Å²) in [6.45, 7) is 2.34. The lowest BCUT2D eigenvalue weighted by molar-refractivity contribution is -0.134. The summed E-state index contributed by atoms with van der Waals surface area (Å²) in [5, 5.41) is 8.59. The van der Waals surface area contributed by atoms with Gasteiger partial charge in [-0.2, -0.15) is 0 Å². The Hall–Kier alpha value is -2.84. The first-order chi connectivity index (χ1) is 14.3. The molecule has 1 amide bonds. The molecule has 1 fully saturated rings. The summed E-state index contributed by atoms with van der Waals surface area (Å²) in [7, 11) is 1.63. The monoisotopic (exact) mass is 410 g/mol. The lowest BCUT2D eigenvalue weighted by atomic mass is 10.1. The van der Waals surface area contributed by atoms with Crippen LogP contribution < -0.4 is 4.74 Å². The largest absolute Gasteiger partial charge is 0.497 e. The van der Waals surface area contributed by atoms with Crippen molar-refractivity contribution < 1.29 is 14.3 Å². The normalized spacial score (nSPS) is 15.1. The number of carbonyl (C=O) groups is 1. The van der Waals surface area contributed by atoms with Gasteiger partial charge in [0.1, 0.15) is 17.3 Å². The third kappa shape index (κ3) is 4.44. The molecule has 0 saturated carbocycles. The second kappa shape index (κ2) is 9.11. The lowest BCUT2D eigenvalue weighted by Crippen LogP contribution is -2.42. The van der Waals surface area contributed by atoms with Crippen LogP contribution in [0.1, 0.15) is 10.8 Å². The Kier molecular flexibility index (Phi) is 6.12. The Bertz CT molecular complexity index is 957. The van der Waals surface area contributed by atoms with Gasteiger partial charge in [-0.05, 0) is 17.7 Å². The fourth-order valence-corrected chi connectivity index (χ4v) is 4.30. The molecule has 0 unspecified atom stereocenters. The number of methoxy groups -OCH3 is 1. The van der Waals surface area contributed by atoms with Gasteiger partial charge in [0.25, 0.3) is 0 Å². The van der Waals surface area contributed by atoms with Crippen LogP contribution in [0.2, 0.25) is 0 Å². The molecule has 1 aromatic heterocycles. The third-order valence-corrected chi connectivity index (χ3v) is 5.92. The van der Waals surface area contributed by atoms with Gasteiger partial charge < -0.3 is 14.4 Å². The molecule has 4 rings (SSSR count). The minimum atomic E-state index is -0.414. The molecule has 0 radical (unpaired) electrons. The second-order valence-electron chi connectivity index (χ2n) is 6.53. The zero-order valence-corrected chi connectivity index (χ0v) is 16.9. The maximum atomic E-state index is 13.3. The number of morpholine rings is 1. The van der Waals surface area contributed by atoms with Crippen molar-refractivity contribution in [3.8, 4) is 11.4 Å². The van der Waals surface area contributed by atoms with Crippen molar-refractivity contribution >= 4 is 17.7 Å². The summed E-state index contributed by atoms with van der Waals surface area (Å²) >= 11 is 1.40. The van der Waals surface area contributed by atoms with Crippen LogP contribution in [0.4, 0.5) is 0 Å². The average molecular weight is 410 g/mol. The van der Waals surface area contributed by atoms with Crippen LogP contribution in [0.15, 0.2) is 66.1 Å². The van der Waals surface area contributed by atoms with E-state index in [0.29, 0.717) is 31.5 Å². The van der Waals surface area contributed by atoms with Crippen molar-refractivity contribution in [1.82, 2.24) is 19.7 Å². The zero-order valence-electron chi connectivity index (χ0n) is 16.1. The number of carbonyl (C=O) groups excluding carboxylic acids is 1. The highest BCUT2D eigenvalue weighted by Gasteiger charge is 2.29. The Labute approximate surface area is 173 Å². The standard InChI is InChI=1S/C21H22N4O3S/c1-27-18-9-5-8-17(14-18)25-15-22-23-21(25)29-19(16-6-3-2-4-7-16)20(26)24-10-12-28-13-11-24/h2-9,14-15,19H,10-13H2,1H3/t19-/m0/s1. The third-order valence-electron chi connectivity index (χ3n) is 4.72. The number of hydrogen-bond donors (Lipinski definition) is 0. The molecule has 2 aromatic carbocycles. The molecule has 7 nitrogen and oxygen atoms in total. The van der Waals surface area contributed by atoms with E-state index < -0.39 is 5.25 Å². The SMILES string of the molecule is COc1cccc(-n2cnnc2S[C@H](C(=O)N2CCOCC2)c2ccccc2)c1. The quantitative estimate of drug-likeness (QED) is 0.582. The topological polar surface area (TPSA) is 69.5 Å². The fraction of sp³-hybridized carbons (Fsp3) is 0.286. The van der Waals surface area contributed by atoms with E-state index in [9.17, 15) is 4.79 Å². The van der Waals surface area contributed by atoms with Crippen molar-refractivity contribution in [2.24, 2.45) is 0 Å². The van der Waals surface area contributed by atoms with Crippen LogP contribution in [0.3, 0.4) is 0 Å². The van der Waals surface area contributed by atoms with E-state index in [0.717, 1.165) is 17.0 Å². The summed E-state index contributed by atoms with van der Waals surface area (Å²) in [5.41, 5.74) is 1.82. The first-order valence-corrected chi connectivity index (χ1v) is 10.3. The maximum absolute atomic E-state index is 13.3. The Morgan fingerprint density at radius 2 is 1.93 bits per heavy atom. The molecule has 2 heterocycles. The summed E-state index contributed by atoms with van der Waals surface area (Å²) in [4.78, 5) is 15.2. The van der Waals surface area contributed by atoms with Crippen molar-refractivity contribution in [3.63, 3.8) is 0 Å². The number of aromatic nitrogens is 3. The highest BCUT2D eigenvalue weighted by Crippen LogP contribution is 2.37. The summed E-state index contributed by atoms with van der Waals surface area (Å²) in [6, 6.07) is 17.5. The van der Waals surface area contributed by atoms with E-state index in [2.05, 4.69) is 10.2 Å². The molecule has 1 atom stereocenters. The molecule has 150 valence electrons. The van der Waals surface area contributed by atoms with E-state index in [4.69, 9.17) is 9.47 Å². The molecule has 1 aliphatic rings. The van der Waals surface area contributed by atoms with Gasteiger partial charge in [0.15, 0.2) is 5.16 Å². The molecule has 3 aromatic rings. The number of amides is 1. The van der Waals surface area contributed by atoms with Gasteiger partial charge in [-0.3, -0.25) is 9.36 Å². The minimum Gasteiger partial charge on any atom is -0.497 e. The molecule has 0 N–H and O–H groups in total. The Morgan fingerprint density at radius 1 is 1.14 bits per heavy atom. The average Bonchev–Trinajstić information content (AvgIpc) is 3.26. The number of nitrogens with zero attached hydrogens (tertiary/aromatic N) is 4. The first-order valence-electron chi connectivity index (χ1n) is 9.39. The zero-order chi connectivity index (χ0) is 20.1. The molecule has 0 bridgehead atoms. The first kappa shape index (κ1) is 19.5. The predicted octanol–water partition coefficient (Wildman–Crippen LogP) is 2.97. The van der Waals surface area contributed by atoms with Crippen LogP contribution in [0, 0.1) is 0 Å². The van der Waals surface area contributed by atoms with Gasteiger partial charge in [0.2, 0.25) is 5.91 Å². The Morgan fingerprint density at radius 3 is 2.69 bits per heavy atom. The van der Waals surface area contributed by atoms with Gasteiger partial charge in [-0.15, -0.1) is 10.2 Å². The van der Waals surface area contributed by atoms with Gasteiger partial charge in [-0.25, -0.2) is 0 Å². The predicted molar refractivity (Wildman–Crippen MR) is 110 cm³/mol. The second-order valence-corrected chi connectivity index (χ2v) is 7.60. The van der Waals surface area contributed by atoms with E-state index in [1.165, 1.54) is 11.8 Å². The number of ether oxygens (including phenoxy) is 2. The maximum Gasteiger partial charge on any atom is 0.240 e. The molecule has 1 aliphatic heterocycles. The number of rotatable bonds is 6. The molecule has 0 aliphatic carbocycles. The van der Waals surface area contributed by atoms with E-state index in [1.807, 2.05) is 64.1 Å². The highest BCUT2D eigenvalue weighted by molar-refractivity contribution is 8.00. The smallest absolute Gasteiger partial charge is 0.240 e. The van der Waals surface area contributed by atoms with Gasteiger partial charge in [-0.1, -0.05) is 48.2 Å². The van der Waals surface area contributed by atoms with Crippen LogP contribution in [-0.2, 0) is 9.53 Å².